The van der Waals surface area contributed by atoms with Crippen LogP contribution < -0.4 is 5.32 Å². The second-order valence-electron chi connectivity index (χ2n) is 7.78. The first-order valence-corrected chi connectivity index (χ1v) is 11.1. The molecule has 2 fully saturated rings. The molecule has 0 aliphatic carbocycles. The Morgan fingerprint density at radius 2 is 1.66 bits per heavy atom. The fraction of sp³-hybridized carbons (Fsp3) is 0.381. The predicted octanol–water partition coefficient (Wildman–Crippen LogP) is 3.39. The zero-order chi connectivity index (χ0) is 20.8. The highest BCUT2D eigenvalue weighted by Gasteiger charge is 2.47. The molecule has 0 radical (unpaired) electrons. The Balaban J connectivity index is 1.49. The number of hydrogen-bond donors (Lipinski definition) is 1. The summed E-state index contributed by atoms with van der Waals surface area (Å²) in [5, 5.41) is 2.95. The molecule has 2 bridgehead atoms. The minimum absolute atomic E-state index is 0.0992. The lowest BCUT2D eigenvalue weighted by Gasteiger charge is -2.38. The highest BCUT2D eigenvalue weighted by Crippen LogP contribution is 2.40. The van der Waals surface area contributed by atoms with Crippen LogP contribution in [0.2, 0.25) is 0 Å². The molecule has 2 saturated heterocycles. The Bertz CT molecular complexity index is 1030. The summed E-state index contributed by atoms with van der Waals surface area (Å²) in [6.45, 7) is 1.54. The van der Waals surface area contributed by atoms with Gasteiger partial charge in [-0.15, -0.1) is 0 Å². The van der Waals surface area contributed by atoms with E-state index in [9.17, 15) is 22.0 Å². The molecule has 4 rings (SSSR count). The highest BCUT2D eigenvalue weighted by molar-refractivity contribution is 7.89. The van der Waals surface area contributed by atoms with Crippen molar-refractivity contribution in [2.24, 2.45) is 0 Å². The van der Waals surface area contributed by atoms with Crippen molar-refractivity contribution in [2.75, 3.05) is 0 Å². The Morgan fingerprint density at radius 1 is 1.03 bits per heavy atom. The van der Waals surface area contributed by atoms with E-state index in [1.165, 1.54) is 42.5 Å². The summed E-state index contributed by atoms with van der Waals surface area (Å²) in [4.78, 5) is 12.5. The average molecular weight is 420 g/mol. The van der Waals surface area contributed by atoms with Gasteiger partial charge in [0.25, 0.3) is 5.91 Å². The molecule has 2 heterocycles. The number of benzene rings is 2. The molecule has 2 aromatic rings. The van der Waals surface area contributed by atoms with Gasteiger partial charge in [-0.25, -0.2) is 17.2 Å². The summed E-state index contributed by atoms with van der Waals surface area (Å²) in [5.41, 5.74) is 0.662. The van der Waals surface area contributed by atoms with Crippen LogP contribution in [-0.2, 0) is 10.0 Å². The number of rotatable bonds is 4. The Labute approximate surface area is 168 Å². The molecule has 1 N–H and O–H groups in total. The minimum Gasteiger partial charge on any atom is -0.349 e. The maximum Gasteiger partial charge on any atom is 0.251 e. The van der Waals surface area contributed by atoms with Gasteiger partial charge in [0.15, 0.2) is 0 Å². The maximum absolute atomic E-state index is 13.6. The summed E-state index contributed by atoms with van der Waals surface area (Å²) in [6.07, 6.45) is 2.49. The largest absolute Gasteiger partial charge is 0.349 e. The van der Waals surface area contributed by atoms with Crippen molar-refractivity contribution < 1.29 is 22.0 Å². The molecule has 2 aliphatic heterocycles. The average Bonchev–Trinajstić information content (AvgIpc) is 2.96. The summed E-state index contributed by atoms with van der Waals surface area (Å²) < 4.78 is 54.5. The fourth-order valence-electron chi connectivity index (χ4n) is 4.41. The number of nitrogens with zero attached hydrogens (tertiary/aromatic N) is 1. The number of amides is 1. The monoisotopic (exact) mass is 420 g/mol. The van der Waals surface area contributed by atoms with Gasteiger partial charge in [0.2, 0.25) is 10.0 Å². The predicted molar refractivity (Wildman–Crippen MR) is 104 cm³/mol. The zero-order valence-corrected chi connectivity index (χ0v) is 16.8. The van der Waals surface area contributed by atoms with Crippen molar-refractivity contribution in [3.63, 3.8) is 0 Å². The SMILES string of the molecule is Cc1cc(S(=O)(=O)N2[C@@H]3CC[C@H]2CC(NC(=O)c2ccc(F)cc2)C3)ccc1F. The quantitative estimate of drug-likeness (QED) is 0.825. The van der Waals surface area contributed by atoms with Crippen LogP contribution in [0.15, 0.2) is 47.4 Å². The second-order valence-corrected chi connectivity index (χ2v) is 9.62. The van der Waals surface area contributed by atoms with Crippen LogP contribution in [0.4, 0.5) is 8.78 Å². The van der Waals surface area contributed by atoms with E-state index in [0.29, 0.717) is 24.0 Å². The van der Waals surface area contributed by atoms with Crippen molar-refractivity contribution >= 4 is 15.9 Å². The number of carbonyl (C=O) groups is 1. The number of sulfonamides is 1. The van der Waals surface area contributed by atoms with Crippen LogP contribution in [0.5, 0.6) is 0 Å². The van der Waals surface area contributed by atoms with Gasteiger partial charge in [-0.2, -0.15) is 4.31 Å². The van der Waals surface area contributed by atoms with Gasteiger partial charge in [0, 0.05) is 23.7 Å². The summed E-state index contributed by atoms with van der Waals surface area (Å²) >= 11 is 0. The van der Waals surface area contributed by atoms with Gasteiger partial charge in [-0.3, -0.25) is 4.79 Å². The topological polar surface area (TPSA) is 66.5 Å². The number of nitrogens with one attached hydrogen (secondary N) is 1. The number of carbonyl (C=O) groups excluding carboxylic acids is 1. The molecule has 1 amide bonds. The summed E-state index contributed by atoms with van der Waals surface area (Å²) in [6, 6.07) is 8.62. The normalized spacial score (nSPS) is 24.4. The first-order chi connectivity index (χ1) is 13.8. The maximum atomic E-state index is 13.6. The molecule has 154 valence electrons. The van der Waals surface area contributed by atoms with Gasteiger partial charge in [-0.05, 0) is 80.6 Å². The summed E-state index contributed by atoms with van der Waals surface area (Å²) in [7, 11) is -3.73. The number of aryl methyl sites for hydroxylation is 1. The van der Waals surface area contributed by atoms with Crippen molar-refractivity contribution in [2.45, 2.75) is 55.6 Å². The second kappa shape index (κ2) is 7.50. The van der Waals surface area contributed by atoms with E-state index in [1.54, 1.807) is 11.2 Å². The molecule has 8 heteroatoms. The van der Waals surface area contributed by atoms with Gasteiger partial charge < -0.3 is 5.32 Å². The molecule has 5 nitrogen and oxygen atoms in total. The van der Waals surface area contributed by atoms with Crippen LogP contribution in [0.25, 0.3) is 0 Å². The van der Waals surface area contributed by atoms with E-state index in [0.717, 1.165) is 12.8 Å². The van der Waals surface area contributed by atoms with Crippen LogP contribution in [-0.4, -0.2) is 36.8 Å². The van der Waals surface area contributed by atoms with E-state index in [2.05, 4.69) is 5.32 Å². The lowest BCUT2D eigenvalue weighted by Crippen LogP contribution is -2.52. The number of hydrogen-bond acceptors (Lipinski definition) is 3. The van der Waals surface area contributed by atoms with Crippen molar-refractivity contribution in [3.8, 4) is 0 Å². The lowest BCUT2D eigenvalue weighted by atomic mass is 9.99. The number of halogens is 2. The standard InChI is InChI=1S/C21H22F2N2O3S/c1-13-10-19(8-9-20(13)23)29(27,28)25-17-6-7-18(25)12-16(11-17)24-21(26)14-2-4-15(22)5-3-14/h2-5,8-10,16-18H,6-7,11-12H2,1H3,(H,24,26)/t16?,17-,18+. The molecule has 2 aliphatic rings. The van der Waals surface area contributed by atoms with Crippen LogP contribution in [0.3, 0.4) is 0 Å². The Kier molecular flexibility index (Phi) is 5.16. The van der Waals surface area contributed by atoms with Crippen molar-refractivity contribution in [1.29, 1.82) is 0 Å². The van der Waals surface area contributed by atoms with E-state index < -0.39 is 21.7 Å². The van der Waals surface area contributed by atoms with Gasteiger partial charge in [-0.1, -0.05) is 0 Å². The zero-order valence-electron chi connectivity index (χ0n) is 15.9. The number of fused-ring (bicyclic) bond motifs is 2. The van der Waals surface area contributed by atoms with E-state index in [4.69, 9.17) is 0 Å². The number of piperidine rings is 1. The highest BCUT2D eigenvalue weighted by atomic mass is 32.2. The minimum atomic E-state index is -3.73. The van der Waals surface area contributed by atoms with Crippen molar-refractivity contribution in [3.05, 3.63) is 65.2 Å². The van der Waals surface area contributed by atoms with Gasteiger partial charge in [0.05, 0.1) is 4.90 Å². The molecule has 0 spiro atoms. The van der Waals surface area contributed by atoms with Gasteiger partial charge in [0.1, 0.15) is 11.6 Å². The first-order valence-electron chi connectivity index (χ1n) is 9.62. The van der Waals surface area contributed by atoms with Gasteiger partial charge >= 0.3 is 0 Å². The first kappa shape index (κ1) is 20.0. The molecule has 2 aromatic carbocycles. The van der Waals surface area contributed by atoms with E-state index in [1.807, 2.05) is 0 Å². The third-order valence-corrected chi connectivity index (χ3v) is 7.81. The lowest BCUT2D eigenvalue weighted by molar-refractivity contribution is 0.0909. The molecular formula is C21H22F2N2O3S. The third kappa shape index (κ3) is 3.79. The van der Waals surface area contributed by atoms with E-state index >= 15 is 0 Å². The third-order valence-electron chi connectivity index (χ3n) is 5.81. The van der Waals surface area contributed by atoms with Crippen molar-refractivity contribution in [1.82, 2.24) is 9.62 Å². The smallest absolute Gasteiger partial charge is 0.251 e. The van der Waals surface area contributed by atoms with Crippen LogP contribution >= 0.6 is 0 Å². The van der Waals surface area contributed by atoms with Crippen LogP contribution in [0.1, 0.15) is 41.6 Å². The molecule has 29 heavy (non-hydrogen) atoms. The molecule has 0 aromatic heterocycles. The Morgan fingerprint density at radius 3 is 2.24 bits per heavy atom. The van der Waals surface area contributed by atoms with E-state index in [-0.39, 0.29) is 28.9 Å². The van der Waals surface area contributed by atoms with Crippen LogP contribution in [0, 0.1) is 18.6 Å². The molecule has 0 saturated carbocycles. The summed E-state index contributed by atoms with van der Waals surface area (Å²) in [5.74, 6) is -1.14. The molecule has 3 atom stereocenters. The molecule has 1 unspecified atom stereocenters. The fourth-order valence-corrected chi connectivity index (χ4v) is 6.39. The molecular weight excluding hydrogens is 398 g/mol. The Hall–Kier alpha value is -2.32.